The Bertz CT molecular complexity index is 1110. The number of aromatic nitrogens is 1. The smallest absolute Gasteiger partial charge is 0.229 e. The van der Waals surface area contributed by atoms with Crippen LogP contribution in [0.1, 0.15) is 49.7 Å². The molecule has 1 N–H and O–H groups in total. The Morgan fingerprint density at radius 3 is 2.71 bits per heavy atom. The van der Waals surface area contributed by atoms with E-state index in [0.29, 0.717) is 24.9 Å². The molecule has 182 valence electrons. The van der Waals surface area contributed by atoms with Gasteiger partial charge in [0.2, 0.25) is 5.91 Å². The molecule has 6 nitrogen and oxygen atoms in total. The number of amides is 1. The normalized spacial score (nSPS) is 34.2. The molecule has 1 amide bonds. The van der Waals surface area contributed by atoms with Gasteiger partial charge in [-0.25, -0.2) is 9.37 Å². The second-order valence-electron chi connectivity index (χ2n) is 11.1. The van der Waals surface area contributed by atoms with Gasteiger partial charge in [0.15, 0.2) is 0 Å². The number of piperidine rings is 1. The van der Waals surface area contributed by atoms with Crippen LogP contribution in [0.25, 0.3) is 10.8 Å². The third-order valence-electron chi connectivity index (χ3n) is 8.99. The Labute approximate surface area is 200 Å². The number of nitrogens with zero attached hydrogens (tertiary/aromatic N) is 2. The number of alkyl halides is 1. The molecule has 4 heterocycles. The maximum absolute atomic E-state index is 14.5. The van der Waals surface area contributed by atoms with Crippen molar-refractivity contribution < 1.29 is 18.7 Å². The minimum Gasteiger partial charge on any atom is -0.381 e. The second kappa shape index (κ2) is 8.25. The lowest BCUT2D eigenvalue weighted by atomic mass is 9.83. The maximum Gasteiger partial charge on any atom is 0.229 e. The van der Waals surface area contributed by atoms with Gasteiger partial charge < -0.3 is 14.8 Å². The van der Waals surface area contributed by atoms with Crippen molar-refractivity contribution in [2.45, 2.75) is 57.2 Å². The van der Waals surface area contributed by atoms with Crippen molar-refractivity contribution in [3.63, 3.8) is 0 Å². The molecule has 0 bridgehead atoms. The summed E-state index contributed by atoms with van der Waals surface area (Å²) in [5, 5.41) is 5.23. The van der Waals surface area contributed by atoms with Crippen molar-refractivity contribution in [2.24, 2.45) is 11.3 Å². The lowest BCUT2D eigenvalue weighted by Crippen LogP contribution is -2.55. The lowest BCUT2D eigenvalue weighted by Gasteiger charge is -2.43. The molecule has 4 atom stereocenters. The molecule has 4 fully saturated rings. The largest absolute Gasteiger partial charge is 0.381 e. The van der Waals surface area contributed by atoms with Crippen LogP contribution in [-0.4, -0.2) is 67.0 Å². The summed E-state index contributed by atoms with van der Waals surface area (Å²) < 4.78 is 25.4. The molecule has 1 unspecified atom stereocenters. The van der Waals surface area contributed by atoms with Crippen LogP contribution >= 0.6 is 0 Å². The fourth-order valence-corrected chi connectivity index (χ4v) is 6.45. The molecule has 0 radical (unpaired) electrons. The van der Waals surface area contributed by atoms with Gasteiger partial charge in [-0.15, -0.1) is 0 Å². The molecule has 3 aliphatic heterocycles. The van der Waals surface area contributed by atoms with Crippen LogP contribution in [0, 0.1) is 18.3 Å². The molecule has 1 spiro atoms. The molecule has 3 saturated heterocycles. The van der Waals surface area contributed by atoms with E-state index in [4.69, 9.17) is 9.47 Å². The van der Waals surface area contributed by atoms with Gasteiger partial charge in [0.05, 0.1) is 25.4 Å². The maximum atomic E-state index is 14.5. The Balaban J connectivity index is 1.16. The Hall–Kier alpha value is -2.09. The van der Waals surface area contributed by atoms with Crippen LogP contribution in [-0.2, 0) is 14.3 Å². The fraction of sp³-hybridized carbons (Fsp3) is 0.630. The third kappa shape index (κ3) is 3.73. The molecule has 4 aliphatic rings. The molecule has 2 aromatic rings. The number of nitrogens with one attached hydrogen (secondary N) is 1. The van der Waals surface area contributed by atoms with E-state index in [-0.39, 0.29) is 23.8 Å². The number of pyridine rings is 1. The second-order valence-corrected chi connectivity index (χ2v) is 11.1. The van der Waals surface area contributed by atoms with Crippen LogP contribution in [0.2, 0.25) is 0 Å². The average Bonchev–Trinajstić information content (AvgIpc) is 3.14. The Morgan fingerprint density at radius 2 is 2.00 bits per heavy atom. The fourth-order valence-electron chi connectivity index (χ4n) is 6.45. The number of benzene rings is 1. The number of hydrogen-bond acceptors (Lipinski definition) is 5. The van der Waals surface area contributed by atoms with Crippen LogP contribution in [0.5, 0.6) is 0 Å². The summed E-state index contributed by atoms with van der Waals surface area (Å²) in [5.74, 6) is 1.17. The number of carbonyl (C=O) groups is 1. The molecule has 1 aromatic carbocycles. The highest BCUT2D eigenvalue weighted by molar-refractivity contribution is 5.96. The zero-order valence-electron chi connectivity index (χ0n) is 20.1. The molecule has 1 aliphatic carbocycles. The van der Waals surface area contributed by atoms with Crippen LogP contribution < -0.4 is 5.32 Å². The Kier molecular flexibility index (Phi) is 5.43. The van der Waals surface area contributed by atoms with Gasteiger partial charge in [-0.3, -0.25) is 9.69 Å². The monoisotopic (exact) mass is 467 g/mol. The van der Waals surface area contributed by atoms with Gasteiger partial charge in [-0.05, 0) is 87.2 Å². The number of halogens is 1. The summed E-state index contributed by atoms with van der Waals surface area (Å²) in [4.78, 5) is 19.6. The Morgan fingerprint density at radius 1 is 1.18 bits per heavy atom. The van der Waals surface area contributed by atoms with Crippen LogP contribution in [0.15, 0.2) is 24.4 Å². The first kappa shape index (κ1) is 22.4. The van der Waals surface area contributed by atoms with Crippen molar-refractivity contribution >= 4 is 22.5 Å². The van der Waals surface area contributed by atoms with Crippen molar-refractivity contribution in [3.05, 3.63) is 35.5 Å². The average molecular weight is 468 g/mol. The topological polar surface area (TPSA) is 63.7 Å². The summed E-state index contributed by atoms with van der Waals surface area (Å²) in [6.45, 7) is 8.08. The first-order chi connectivity index (χ1) is 16.4. The van der Waals surface area contributed by atoms with Crippen LogP contribution in [0.3, 0.4) is 0 Å². The molecule has 7 heteroatoms. The van der Waals surface area contributed by atoms with E-state index in [1.54, 1.807) is 0 Å². The summed E-state index contributed by atoms with van der Waals surface area (Å²) in [6, 6.07) is 6.46. The van der Waals surface area contributed by atoms with Crippen molar-refractivity contribution in [1.82, 2.24) is 9.88 Å². The third-order valence-corrected chi connectivity index (χ3v) is 8.99. The van der Waals surface area contributed by atoms with E-state index in [1.807, 2.05) is 19.2 Å². The van der Waals surface area contributed by atoms with Gasteiger partial charge in [-0.2, -0.15) is 0 Å². The number of anilines is 1. The van der Waals surface area contributed by atoms with Crippen LogP contribution in [0.4, 0.5) is 10.2 Å². The van der Waals surface area contributed by atoms with Crippen molar-refractivity contribution in [2.75, 3.05) is 44.8 Å². The van der Waals surface area contributed by atoms with Gasteiger partial charge in [0, 0.05) is 29.5 Å². The predicted octanol–water partition coefficient (Wildman–Crippen LogP) is 4.21. The first-order valence-corrected chi connectivity index (χ1v) is 12.6. The SMILES string of the molecule is Cc1cc2cnc(NC(=O)[C@@H]3CC34CCOC4)cc2cc1C1CCN([C@@]2(C)COC[C@H]2F)CC1. The van der Waals surface area contributed by atoms with E-state index in [2.05, 4.69) is 34.3 Å². The number of ether oxygens (including phenoxy) is 2. The highest BCUT2D eigenvalue weighted by Crippen LogP contribution is 2.58. The highest BCUT2D eigenvalue weighted by atomic mass is 19.1. The highest BCUT2D eigenvalue weighted by Gasteiger charge is 2.59. The van der Waals surface area contributed by atoms with E-state index in [0.717, 1.165) is 56.2 Å². The van der Waals surface area contributed by atoms with Crippen molar-refractivity contribution in [1.29, 1.82) is 0 Å². The number of carbonyl (C=O) groups excluding carboxylic acids is 1. The molecular weight excluding hydrogens is 433 g/mol. The predicted molar refractivity (Wildman–Crippen MR) is 129 cm³/mol. The summed E-state index contributed by atoms with van der Waals surface area (Å²) >= 11 is 0. The molecular formula is C27H34FN3O3. The summed E-state index contributed by atoms with van der Waals surface area (Å²) in [7, 11) is 0. The zero-order valence-corrected chi connectivity index (χ0v) is 20.1. The van der Waals surface area contributed by atoms with Gasteiger partial charge in [-0.1, -0.05) is 6.07 Å². The summed E-state index contributed by atoms with van der Waals surface area (Å²) in [5.41, 5.74) is 2.20. The first-order valence-electron chi connectivity index (χ1n) is 12.6. The molecule has 34 heavy (non-hydrogen) atoms. The standard InChI is InChI=1S/C27H34FN3O3/c1-17-9-20-13-29-24(30-25(32)22-12-27(22)5-8-33-16-27)11-19(20)10-21(17)18-3-6-31(7-4-18)26(2)15-34-14-23(26)28/h9-11,13,18,22-23H,3-8,12,14-16H2,1-2H3,(H,29,30,32)/t22-,23+,26-,27?/m0/s1. The zero-order chi connectivity index (χ0) is 23.5. The number of likely N-dealkylation sites (tertiary alicyclic amines) is 1. The minimum absolute atomic E-state index is 0.0438. The summed E-state index contributed by atoms with van der Waals surface area (Å²) in [6.07, 6.45) is 4.86. The number of fused-ring (bicyclic) bond motifs is 1. The molecule has 6 rings (SSSR count). The van der Waals surface area contributed by atoms with Gasteiger partial charge >= 0.3 is 0 Å². The molecule has 1 saturated carbocycles. The minimum atomic E-state index is -0.917. The van der Waals surface area contributed by atoms with Gasteiger partial charge in [0.1, 0.15) is 12.0 Å². The van der Waals surface area contributed by atoms with E-state index >= 15 is 0 Å². The number of rotatable bonds is 4. The quantitative estimate of drug-likeness (QED) is 0.730. The number of hydrogen-bond donors (Lipinski definition) is 1. The number of aryl methyl sites for hydroxylation is 1. The van der Waals surface area contributed by atoms with E-state index < -0.39 is 11.7 Å². The lowest BCUT2D eigenvalue weighted by molar-refractivity contribution is -0.118. The van der Waals surface area contributed by atoms with Gasteiger partial charge in [0.25, 0.3) is 0 Å². The van der Waals surface area contributed by atoms with Crippen molar-refractivity contribution in [3.8, 4) is 0 Å². The molecule has 1 aromatic heterocycles. The van der Waals surface area contributed by atoms with E-state index in [1.165, 1.54) is 11.1 Å². The van der Waals surface area contributed by atoms with E-state index in [9.17, 15) is 9.18 Å².